The number of carbonyl (C=O) groups is 3. The molecule has 0 unspecified atom stereocenters. The summed E-state index contributed by atoms with van der Waals surface area (Å²) in [7, 11) is 1.27. The van der Waals surface area contributed by atoms with Gasteiger partial charge < -0.3 is 15.2 Å². The zero-order chi connectivity index (χ0) is 19.6. The highest BCUT2D eigenvalue weighted by molar-refractivity contribution is 9.15. The summed E-state index contributed by atoms with van der Waals surface area (Å²) in [5, 5.41) is 12.1. The number of halogens is 4. The first-order valence-electron chi connectivity index (χ1n) is 6.78. The largest absolute Gasteiger partial charge is 0.478 e. The number of methoxy groups -OCH3 is 1. The zero-order valence-electron chi connectivity index (χ0n) is 12.9. The topological polar surface area (TPSA) is 92.7 Å². The normalized spacial score (nSPS) is 10.3. The third-order valence-corrected chi connectivity index (χ3v) is 8.04. The SMILES string of the molecule is COC(=O)c1ccc(NC(=O)c2c(Br)c(Br)c(Br)c(Br)c2C(=O)O)cc1. The van der Waals surface area contributed by atoms with Gasteiger partial charge in [0.2, 0.25) is 0 Å². The second-order valence-electron chi connectivity index (χ2n) is 4.83. The van der Waals surface area contributed by atoms with Crippen molar-refractivity contribution in [3.05, 3.63) is 58.8 Å². The van der Waals surface area contributed by atoms with E-state index in [0.29, 0.717) is 20.2 Å². The molecule has 0 atom stereocenters. The van der Waals surface area contributed by atoms with Gasteiger partial charge in [0.1, 0.15) is 0 Å². The third kappa shape index (κ3) is 4.19. The fourth-order valence-corrected chi connectivity index (χ4v) is 4.51. The van der Waals surface area contributed by atoms with Crippen LogP contribution in [0.4, 0.5) is 5.69 Å². The highest BCUT2D eigenvalue weighted by atomic mass is 79.9. The summed E-state index contributed by atoms with van der Waals surface area (Å²) in [4.78, 5) is 35.8. The van der Waals surface area contributed by atoms with Gasteiger partial charge in [0.15, 0.2) is 0 Å². The zero-order valence-corrected chi connectivity index (χ0v) is 19.2. The van der Waals surface area contributed by atoms with Crippen molar-refractivity contribution < 1.29 is 24.2 Å². The highest BCUT2D eigenvalue weighted by Crippen LogP contribution is 2.42. The molecule has 2 N–H and O–H groups in total. The Morgan fingerprint density at radius 3 is 1.85 bits per heavy atom. The van der Waals surface area contributed by atoms with E-state index in [2.05, 4.69) is 73.8 Å². The predicted octanol–water partition coefficient (Wildman–Crippen LogP) is 5.47. The van der Waals surface area contributed by atoms with Crippen LogP contribution in [0.25, 0.3) is 0 Å². The molecular weight excluding hydrogens is 606 g/mol. The van der Waals surface area contributed by atoms with Crippen LogP contribution in [-0.2, 0) is 4.74 Å². The van der Waals surface area contributed by atoms with Crippen molar-refractivity contribution in [1.29, 1.82) is 0 Å². The predicted molar refractivity (Wildman–Crippen MR) is 110 cm³/mol. The van der Waals surface area contributed by atoms with Crippen molar-refractivity contribution in [3.63, 3.8) is 0 Å². The molecule has 0 bridgehead atoms. The molecule has 1 amide bonds. The number of nitrogens with one attached hydrogen (secondary N) is 1. The van der Waals surface area contributed by atoms with Crippen molar-refractivity contribution in [2.75, 3.05) is 12.4 Å². The van der Waals surface area contributed by atoms with Gasteiger partial charge in [-0.25, -0.2) is 9.59 Å². The highest BCUT2D eigenvalue weighted by Gasteiger charge is 2.27. The third-order valence-electron chi connectivity index (χ3n) is 3.27. The van der Waals surface area contributed by atoms with Crippen LogP contribution in [0.1, 0.15) is 31.1 Å². The molecule has 0 heterocycles. The number of anilines is 1. The van der Waals surface area contributed by atoms with Gasteiger partial charge in [-0.05, 0) is 88.0 Å². The number of benzene rings is 2. The van der Waals surface area contributed by atoms with E-state index in [4.69, 9.17) is 0 Å². The molecule has 2 aromatic carbocycles. The maximum atomic E-state index is 12.7. The first-order valence-corrected chi connectivity index (χ1v) is 9.95. The maximum absolute atomic E-state index is 12.7. The van der Waals surface area contributed by atoms with Crippen molar-refractivity contribution in [1.82, 2.24) is 0 Å². The Bertz CT molecular complexity index is 912. The molecule has 2 rings (SSSR count). The quantitative estimate of drug-likeness (QED) is 0.271. The Hall–Kier alpha value is -1.23. The lowest BCUT2D eigenvalue weighted by atomic mass is 10.1. The number of hydrogen-bond donors (Lipinski definition) is 2. The number of esters is 1. The number of rotatable bonds is 4. The molecule has 6 nitrogen and oxygen atoms in total. The van der Waals surface area contributed by atoms with Gasteiger partial charge in [-0.3, -0.25) is 4.79 Å². The van der Waals surface area contributed by atoms with Gasteiger partial charge in [0.25, 0.3) is 5.91 Å². The second-order valence-corrected chi connectivity index (χ2v) is 8.01. The Balaban J connectivity index is 2.44. The van der Waals surface area contributed by atoms with Gasteiger partial charge >= 0.3 is 11.9 Å². The molecule has 0 saturated carbocycles. The van der Waals surface area contributed by atoms with E-state index in [-0.39, 0.29) is 20.1 Å². The minimum Gasteiger partial charge on any atom is -0.478 e. The van der Waals surface area contributed by atoms with Gasteiger partial charge in [0, 0.05) is 23.6 Å². The van der Waals surface area contributed by atoms with Crippen LogP contribution in [0.15, 0.2) is 42.2 Å². The van der Waals surface area contributed by atoms with E-state index < -0.39 is 17.8 Å². The van der Waals surface area contributed by atoms with Crippen molar-refractivity contribution in [2.45, 2.75) is 0 Å². The van der Waals surface area contributed by atoms with E-state index in [0.717, 1.165) is 0 Å². The molecule has 0 aliphatic carbocycles. The van der Waals surface area contributed by atoms with Crippen molar-refractivity contribution in [3.8, 4) is 0 Å². The van der Waals surface area contributed by atoms with Crippen LogP contribution in [0.5, 0.6) is 0 Å². The van der Waals surface area contributed by atoms with E-state index in [1.165, 1.54) is 31.4 Å². The average molecular weight is 615 g/mol. The minimum absolute atomic E-state index is 0.0588. The monoisotopic (exact) mass is 611 g/mol. The van der Waals surface area contributed by atoms with E-state index in [1.807, 2.05) is 0 Å². The number of ether oxygens (including phenoxy) is 1. The molecule has 0 aliphatic heterocycles. The number of hydrogen-bond acceptors (Lipinski definition) is 4. The lowest BCUT2D eigenvalue weighted by Crippen LogP contribution is -2.18. The molecule has 2 aromatic rings. The number of carboxylic acid groups (broad SMARTS) is 1. The summed E-state index contributed by atoms with van der Waals surface area (Å²) in [5.41, 5.74) is 0.459. The molecule has 0 aliphatic rings. The molecule has 0 fully saturated rings. The Labute approximate surface area is 181 Å². The lowest BCUT2D eigenvalue weighted by molar-refractivity contribution is 0.0599. The van der Waals surface area contributed by atoms with Gasteiger partial charge in [-0.15, -0.1) is 0 Å². The summed E-state index contributed by atoms with van der Waals surface area (Å²) >= 11 is 13.0. The first kappa shape index (κ1) is 21.1. The van der Waals surface area contributed by atoms with E-state index >= 15 is 0 Å². The smallest absolute Gasteiger partial charge is 0.337 e. The van der Waals surface area contributed by atoms with Crippen LogP contribution >= 0.6 is 63.7 Å². The number of amides is 1. The number of carbonyl (C=O) groups excluding carboxylic acids is 2. The van der Waals surface area contributed by atoms with E-state index in [9.17, 15) is 19.5 Å². The van der Waals surface area contributed by atoms with Crippen molar-refractivity contribution in [2.24, 2.45) is 0 Å². The molecule has 26 heavy (non-hydrogen) atoms. The van der Waals surface area contributed by atoms with Crippen LogP contribution < -0.4 is 5.32 Å². The summed E-state index contributed by atoms with van der Waals surface area (Å²) in [6.07, 6.45) is 0. The first-order chi connectivity index (χ1) is 12.2. The van der Waals surface area contributed by atoms with Crippen LogP contribution in [0, 0.1) is 0 Å². The molecule has 0 saturated heterocycles. The number of aromatic carboxylic acids is 1. The van der Waals surface area contributed by atoms with Crippen LogP contribution in [0.3, 0.4) is 0 Å². The molecule has 0 spiro atoms. The number of carboxylic acids is 1. The van der Waals surface area contributed by atoms with Gasteiger partial charge in [-0.1, -0.05) is 0 Å². The fraction of sp³-hybridized carbons (Fsp3) is 0.0625. The van der Waals surface area contributed by atoms with Crippen LogP contribution in [0.2, 0.25) is 0 Å². The average Bonchev–Trinajstić information content (AvgIpc) is 2.62. The maximum Gasteiger partial charge on any atom is 0.337 e. The molecule has 0 aromatic heterocycles. The van der Waals surface area contributed by atoms with Gasteiger partial charge in [-0.2, -0.15) is 0 Å². The van der Waals surface area contributed by atoms with Crippen LogP contribution in [-0.4, -0.2) is 30.1 Å². The van der Waals surface area contributed by atoms with E-state index in [1.54, 1.807) is 0 Å². The molecule has 136 valence electrons. The Morgan fingerprint density at radius 1 is 0.885 bits per heavy atom. The molecule has 10 heteroatoms. The summed E-state index contributed by atoms with van der Waals surface area (Å²) in [5.74, 6) is -2.40. The van der Waals surface area contributed by atoms with Crippen molar-refractivity contribution >= 4 is 87.3 Å². The molecular formula is C16H9Br4NO5. The minimum atomic E-state index is -1.27. The van der Waals surface area contributed by atoms with Gasteiger partial charge in [0.05, 0.1) is 23.8 Å². The molecule has 0 radical (unpaired) electrons. The summed E-state index contributed by atoms with van der Waals surface area (Å²) in [6, 6.07) is 6.01. The Morgan fingerprint density at radius 2 is 1.38 bits per heavy atom. The summed E-state index contributed by atoms with van der Waals surface area (Å²) < 4.78 is 6.07. The lowest BCUT2D eigenvalue weighted by Gasteiger charge is -2.15. The Kier molecular flexibility index (Phi) is 7.00. The second kappa shape index (κ2) is 8.64. The summed E-state index contributed by atoms with van der Waals surface area (Å²) in [6.45, 7) is 0. The fourth-order valence-electron chi connectivity index (χ4n) is 2.05. The standard InChI is InChI=1S/C16H9Br4NO5/c1-26-16(25)6-2-4-7(5-3-6)21-14(22)8-9(15(23)24)11(18)13(20)12(19)10(8)17/h2-5H,1H3,(H,21,22)(H,23,24).